The second-order valence-electron chi connectivity index (χ2n) is 6.78. The topological polar surface area (TPSA) is 37.6 Å². The third-order valence-electron chi connectivity index (χ3n) is 4.91. The van der Waals surface area contributed by atoms with E-state index in [-0.39, 0.29) is 5.91 Å². The number of hydrogen-bond acceptors (Lipinski definition) is 3. The number of carbonyl (C=O) groups excluding carboxylic acids is 1. The molecule has 0 N–H and O–H groups in total. The molecule has 1 aliphatic rings. The number of rotatable bonds is 4. The average Bonchev–Trinajstić information content (AvgIpc) is 3.21. The highest BCUT2D eigenvalue weighted by Crippen LogP contribution is 2.35. The van der Waals surface area contributed by atoms with Crippen molar-refractivity contribution in [3.8, 4) is 0 Å². The first-order valence-electron chi connectivity index (χ1n) is 9.55. The van der Waals surface area contributed by atoms with Crippen LogP contribution in [0.5, 0.6) is 0 Å². The monoisotopic (exact) mass is 389 g/mol. The van der Waals surface area contributed by atoms with Crippen molar-refractivity contribution in [2.24, 2.45) is 4.99 Å². The molecule has 1 fully saturated rings. The predicted molar refractivity (Wildman–Crippen MR) is 119 cm³/mol. The molecule has 0 aliphatic carbocycles. The van der Waals surface area contributed by atoms with Crippen LogP contribution in [0.2, 0.25) is 0 Å². The Balaban J connectivity index is 1.73. The van der Waals surface area contributed by atoms with Crippen molar-refractivity contribution < 1.29 is 4.79 Å². The van der Waals surface area contributed by atoms with E-state index in [1.807, 2.05) is 49.4 Å². The summed E-state index contributed by atoms with van der Waals surface area (Å²) in [5.74, 6) is 0.0201. The molecular formula is C23H23N3OS. The first kappa shape index (κ1) is 18.6. The zero-order chi connectivity index (χ0) is 19.7. The molecule has 28 heavy (non-hydrogen) atoms. The van der Waals surface area contributed by atoms with Crippen molar-refractivity contribution in [1.82, 2.24) is 9.47 Å². The largest absolute Gasteiger partial charge is 0.347 e. The van der Waals surface area contributed by atoms with Crippen molar-refractivity contribution in [1.29, 1.82) is 0 Å². The Hall–Kier alpha value is -2.79. The lowest BCUT2D eigenvalue weighted by Crippen LogP contribution is -2.28. The maximum Gasteiger partial charge on any atom is 0.266 e. The van der Waals surface area contributed by atoms with Crippen molar-refractivity contribution in [2.75, 3.05) is 6.54 Å². The summed E-state index contributed by atoms with van der Waals surface area (Å²) in [5, 5.41) is 1.90. The Morgan fingerprint density at radius 2 is 1.79 bits per heavy atom. The van der Waals surface area contributed by atoms with Crippen LogP contribution in [0.25, 0.3) is 17.0 Å². The fraction of sp³-hybridized carbons (Fsp3) is 0.217. The minimum absolute atomic E-state index is 0.0201. The lowest BCUT2D eigenvalue weighted by atomic mass is 10.1. The van der Waals surface area contributed by atoms with E-state index in [4.69, 9.17) is 4.99 Å². The Bertz CT molecular complexity index is 1090. The van der Waals surface area contributed by atoms with Gasteiger partial charge >= 0.3 is 0 Å². The molecule has 0 bridgehead atoms. The lowest BCUT2D eigenvalue weighted by Gasteiger charge is -2.11. The van der Waals surface area contributed by atoms with Gasteiger partial charge in [-0.2, -0.15) is 0 Å². The first-order chi connectivity index (χ1) is 13.6. The SMILES string of the molecule is CCN1C(=O)/C(=C\c2cn(CC)c3ccccc23)SC1=Nc1ccc(C)cc1. The number of aromatic nitrogens is 1. The van der Waals surface area contributed by atoms with Crippen LogP contribution in [0.4, 0.5) is 5.69 Å². The molecule has 5 heteroatoms. The summed E-state index contributed by atoms with van der Waals surface area (Å²) in [6.45, 7) is 7.66. The molecule has 1 saturated heterocycles. The number of carbonyl (C=O) groups is 1. The number of amidine groups is 1. The number of amides is 1. The summed E-state index contributed by atoms with van der Waals surface area (Å²) in [6.07, 6.45) is 4.12. The summed E-state index contributed by atoms with van der Waals surface area (Å²) < 4.78 is 2.21. The highest BCUT2D eigenvalue weighted by Gasteiger charge is 2.32. The number of para-hydroxylation sites is 1. The number of aryl methyl sites for hydroxylation is 2. The van der Waals surface area contributed by atoms with Crippen LogP contribution in [0.15, 0.2) is 64.6 Å². The van der Waals surface area contributed by atoms with Gasteiger partial charge in [0, 0.05) is 35.8 Å². The van der Waals surface area contributed by atoms with Gasteiger partial charge in [-0.05, 0) is 56.8 Å². The van der Waals surface area contributed by atoms with Crippen LogP contribution < -0.4 is 0 Å². The van der Waals surface area contributed by atoms with Gasteiger partial charge in [-0.25, -0.2) is 4.99 Å². The van der Waals surface area contributed by atoms with Crippen molar-refractivity contribution >= 4 is 45.5 Å². The summed E-state index contributed by atoms with van der Waals surface area (Å²) in [6, 6.07) is 16.4. The number of nitrogens with zero attached hydrogens (tertiary/aromatic N) is 3. The molecule has 0 unspecified atom stereocenters. The van der Waals surface area contributed by atoms with Crippen LogP contribution in [0.3, 0.4) is 0 Å². The molecule has 0 atom stereocenters. The van der Waals surface area contributed by atoms with Gasteiger partial charge in [-0.3, -0.25) is 9.69 Å². The van der Waals surface area contributed by atoms with Gasteiger partial charge < -0.3 is 4.57 Å². The van der Waals surface area contributed by atoms with Gasteiger partial charge in [-0.15, -0.1) is 0 Å². The molecule has 4 rings (SSSR count). The first-order valence-corrected chi connectivity index (χ1v) is 10.4. The normalized spacial score (nSPS) is 17.4. The van der Waals surface area contributed by atoms with Gasteiger partial charge in [0.25, 0.3) is 5.91 Å². The molecule has 1 aliphatic heterocycles. The Labute approximate surface area is 169 Å². The average molecular weight is 390 g/mol. The third kappa shape index (κ3) is 3.38. The van der Waals surface area contributed by atoms with Gasteiger partial charge in [-0.1, -0.05) is 35.9 Å². The zero-order valence-electron chi connectivity index (χ0n) is 16.3. The second kappa shape index (κ2) is 7.68. The minimum Gasteiger partial charge on any atom is -0.347 e. The van der Waals surface area contributed by atoms with Gasteiger partial charge in [0.05, 0.1) is 10.6 Å². The highest BCUT2D eigenvalue weighted by molar-refractivity contribution is 8.18. The maximum atomic E-state index is 13.0. The van der Waals surface area contributed by atoms with Crippen LogP contribution in [-0.4, -0.2) is 27.1 Å². The van der Waals surface area contributed by atoms with E-state index in [9.17, 15) is 4.79 Å². The number of likely N-dealkylation sites (N-methyl/N-ethyl adjacent to an activating group) is 1. The molecule has 1 aromatic heterocycles. The molecule has 2 heterocycles. The van der Waals surface area contributed by atoms with Gasteiger partial charge in [0.1, 0.15) is 0 Å². The smallest absolute Gasteiger partial charge is 0.266 e. The van der Waals surface area contributed by atoms with Crippen LogP contribution in [0.1, 0.15) is 25.0 Å². The molecule has 0 saturated carbocycles. The Morgan fingerprint density at radius 3 is 2.50 bits per heavy atom. The van der Waals surface area contributed by atoms with Gasteiger partial charge in [0.2, 0.25) is 0 Å². The molecule has 142 valence electrons. The molecular weight excluding hydrogens is 366 g/mol. The van der Waals surface area contributed by atoms with Crippen LogP contribution in [-0.2, 0) is 11.3 Å². The zero-order valence-corrected chi connectivity index (χ0v) is 17.2. The van der Waals surface area contributed by atoms with Crippen LogP contribution in [0, 0.1) is 6.92 Å². The maximum absolute atomic E-state index is 13.0. The van der Waals surface area contributed by atoms with E-state index in [0.29, 0.717) is 11.4 Å². The molecule has 2 aromatic carbocycles. The standard InChI is InChI=1S/C23H23N3OS/c1-4-25-15-17(19-8-6-7-9-20(19)25)14-21-22(27)26(5-2)23(28-21)24-18-12-10-16(3)11-13-18/h6-15H,4-5H2,1-3H3/b21-14+,24-23?. The number of hydrogen-bond donors (Lipinski definition) is 0. The fourth-order valence-electron chi connectivity index (χ4n) is 3.39. The molecule has 4 nitrogen and oxygen atoms in total. The molecule has 1 amide bonds. The number of fused-ring (bicyclic) bond motifs is 1. The molecule has 0 spiro atoms. The number of benzene rings is 2. The Morgan fingerprint density at radius 1 is 1.04 bits per heavy atom. The Kier molecular flexibility index (Phi) is 5.09. The third-order valence-corrected chi connectivity index (χ3v) is 5.92. The minimum atomic E-state index is 0.0201. The predicted octanol–water partition coefficient (Wildman–Crippen LogP) is 5.59. The quantitative estimate of drug-likeness (QED) is 0.545. The number of thioether (sulfide) groups is 1. The lowest BCUT2D eigenvalue weighted by molar-refractivity contribution is -0.122. The van der Waals surface area contributed by atoms with E-state index in [2.05, 4.69) is 36.7 Å². The summed E-state index contributed by atoms with van der Waals surface area (Å²) in [4.78, 5) is 20.1. The van der Waals surface area contributed by atoms with Crippen LogP contribution >= 0.6 is 11.8 Å². The van der Waals surface area contributed by atoms with Crippen molar-refractivity contribution in [2.45, 2.75) is 27.3 Å². The second-order valence-corrected chi connectivity index (χ2v) is 7.79. The molecule has 3 aromatic rings. The van der Waals surface area contributed by atoms with E-state index >= 15 is 0 Å². The van der Waals surface area contributed by atoms with Crippen molar-refractivity contribution in [3.63, 3.8) is 0 Å². The van der Waals surface area contributed by atoms with Gasteiger partial charge in [0.15, 0.2) is 5.17 Å². The summed E-state index contributed by atoms with van der Waals surface area (Å²) in [7, 11) is 0. The van der Waals surface area contributed by atoms with E-state index in [1.54, 1.807) is 4.90 Å². The molecule has 0 radical (unpaired) electrons. The van der Waals surface area contributed by atoms with E-state index in [0.717, 1.165) is 28.3 Å². The fourth-order valence-corrected chi connectivity index (χ4v) is 4.45. The van der Waals surface area contributed by atoms with E-state index < -0.39 is 0 Å². The highest BCUT2D eigenvalue weighted by atomic mass is 32.2. The summed E-state index contributed by atoms with van der Waals surface area (Å²) >= 11 is 1.45. The van der Waals surface area contributed by atoms with E-state index in [1.165, 1.54) is 22.8 Å². The summed E-state index contributed by atoms with van der Waals surface area (Å²) in [5.41, 5.74) is 4.32. The van der Waals surface area contributed by atoms with Crippen molar-refractivity contribution in [3.05, 3.63) is 70.8 Å². The number of aliphatic imine (C=N–C) groups is 1.